The Hall–Kier alpha value is -1.98. The molecule has 0 unspecified atom stereocenters. The fraction of sp³-hybridized carbons (Fsp3) is 0.385. The first kappa shape index (κ1) is 17.1. The summed E-state index contributed by atoms with van der Waals surface area (Å²) in [6, 6.07) is 4.94. The molecule has 0 radical (unpaired) electrons. The van der Waals surface area contributed by atoms with Crippen molar-refractivity contribution in [1.29, 1.82) is 5.26 Å². The molecule has 0 saturated heterocycles. The second-order valence-corrected chi connectivity index (χ2v) is 6.14. The van der Waals surface area contributed by atoms with E-state index in [1.54, 1.807) is 13.0 Å². The zero-order chi connectivity index (χ0) is 16.0. The lowest BCUT2D eigenvalue weighted by Gasteiger charge is -2.21. The maximum atomic E-state index is 13.6. The van der Waals surface area contributed by atoms with Gasteiger partial charge in [0, 0.05) is 13.6 Å². The summed E-state index contributed by atoms with van der Waals surface area (Å²) in [5, 5.41) is 11.3. The molecule has 114 valence electrons. The predicted octanol–water partition coefficient (Wildman–Crippen LogP) is 0.844. The van der Waals surface area contributed by atoms with E-state index in [0.29, 0.717) is 6.42 Å². The molecule has 1 aromatic carbocycles. The van der Waals surface area contributed by atoms with Crippen molar-refractivity contribution in [2.45, 2.75) is 18.2 Å². The minimum atomic E-state index is -4.12. The summed E-state index contributed by atoms with van der Waals surface area (Å²) < 4.78 is 39.6. The van der Waals surface area contributed by atoms with Gasteiger partial charge in [-0.05, 0) is 18.6 Å². The third-order valence-electron chi connectivity index (χ3n) is 2.78. The number of nitrogens with zero attached hydrogens (tertiary/aromatic N) is 2. The normalized spacial score (nSPS) is 11.2. The molecule has 0 aliphatic heterocycles. The SMILES string of the molecule is CCCN(CC(=O)NC)S(=O)(=O)c1cccc(F)c1C#N. The lowest BCUT2D eigenvalue weighted by atomic mass is 10.2. The highest BCUT2D eigenvalue weighted by molar-refractivity contribution is 7.89. The topological polar surface area (TPSA) is 90.3 Å². The van der Waals surface area contributed by atoms with Crippen molar-refractivity contribution in [3.8, 4) is 6.07 Å². The minimum absolute atomic E-state index is 0.0944. The van der Waals surface area contributed by atoms with Gasteiger partial charge in [-0.2, -0.15) is 9.57 Å². The van der Waals surface area contributed by atoms with Gasteiger partial charge < -0.3 is 5.32 Å². The zero-order valence-corrected chi connectivity index (χ0v) is 12.6. The maximum absolute atomic E-state index is 13.6. The number of hydrogen-bond donors (Lipinski definition) is 1. The Labute approximate surface area is 123 Å². The summed E-state index contributed by atoms with van der Waals surface area (Å²) in [6.45, 7) is 1.47. The molecule has 0 spiro atoms. The van der Waals surface area contributed by atoms with E-state index in [0.717, 1.165) is 16.4 Å². The number of benzene rings is 1. The van der Waals surface area contributed by atoms with Gasteiger partial charge in [0.15, 0.2) is 0 Å². The summed E-state index contributed by atoms with van der Waals surface area (Å²) in [7, 11) is -2.73. The smallest absolute Gasteiger partial charge is 0.244 e. The van der Waals surface area contributed by atoms with Gasteiger partial charge in [-0.3, -0.25) is 4.79 Å². The van der Waals surface area contributed by atoms with Crippen LogP contribution in [0, 0.1) is 17.1 Å². The Balaban J connectivity index is 3.33. The van der Waals surface area contributed by atoms with Crippen molar-refractivity contribution < 1.29 is 17.6 Å². The van der Waals surface area contributed by atoms with Crippen molar-refractivity contribution >= 4 is 15.9 Å². The van der Waals surface area contributed by atoms with Gasteiger partial charge in [0.1, 0.15) is 22.3 Å². The number of nitriles is 1. The minimum Gasteiger partial charge on any atom is -0.358 e. The van der Waals surface area contributed by atoms with Crippen LogP contribution in [0.3, 0.4) is 0 Å². The Bertz CT molecular complexity index is 668. The first-order valence-electron chi connectivity index (χ1n) is 6.27. The van der Waals surface area contributed by atoms with Crippen LogP contribution in [-0.2, 0) is 14.8 Å². The lowest BCUT2D eigenvalue weighted by Crippen LogP contribution is -2.40. The largest absolute Gasteiger partial charge is 0.358 e. The Kier molecular flexibility index (Phi) is 5.81. The first-order chi connectivity index (χ1) is 9.88. The third-order valence-corrected chi connectivity index (χ3v) is 4.66. The summed E-state index contributed by atoms with van der Waals surface area (Å²) in [5.41, 5.74) is -0.546. The number of rotatable bonds is 6. The quantitative estimate of drug-likeness (QED) is 0.843. The monoisotopic (exact) mass is 313 g/mol. The number of halogens is 1. The van der Waals surface area contributed by atoms with Crippen LogP contribution in [0.4, 0.5) is 4.39 Å². The Morgan fingerprint density at radius 3 is 2.67 bits per heavy atom. The molecule has 0 aliphatic rings. The number of likely N-dealkylation sites (N-methyl/N-ethyl adjacent to an activating group) is 1. The van der Waals surface area contributed by atoms with E-state index in [1.807, 2.05) is 0 Å². The summed E-state index contributed by atoms with van der Waals surface area (Å²) >= 11 is 0. The number of carbonyl (C=O) groups is 1. The van der Waals surface area contributed by atoms with Gasteiger partial charge in [-0.1, -0.05) is 13.0 Å². The van der Waals surface area contributed by atoms with Crippen molar-refractivity contribution in [2.24, 2.45) is 0 Å². The van der Waals surface area contributed by atoms with Crippen LogP contribution < -0.4 is 5.32 Å². The van der Waals surface area contributed by atoms with Gasteiger partial charge in [-0.25, -0.2) is 12.8 Å². The van der Waals surface area contributed by atoms with E-state index < -0.39 is 32.2 Å². The molecule has 0 saturated carbocycles. The van der Waals surface area contributed by atoms with Crippen molar-refractivity contribution in [3.05, 3.63) is 29.6 Å². The standard InChI is InChI=1S/C13H16FN3O3S/c1-3-7-17(9-13(18)16-2)21(19,20)12-6-4-5-11(14)10(12)8-15/h4-6H,3,7,9H2,1-2H3,(H,16,18). The van der Waals surface area contributed by atoms with Gasteiger partial charge >= 0.3 is 0 Å². The Morgan fingerprint density at radius 1 is 1.48 bits per heavy atom. The average Bonchev–Trinajstić information content (AvgIpc) is 2.46. The number of carbonyl (C=O) groups excluding carboxylic acids is 1. The van der Waals surface area contributed by atoms with Gasteiger partial charge in [0.05, 0.1) is 6.54 Å². The molecule has 0 aliphatic carbocycles. The van der Waals surface area contributed by atoms with Crippen LogP contribution in [0.5, 0.6) is 0 Å². The summed E-state index contributed by atoms with van der Waals surface area (Å²) in [6.07, 6.45) is 0.480. The van der Waals surface area contributed by atoms with Gasteiger partial charge in [-0.15, -0.1) is 0 Å². The summed E-state index contributed by atoms with van der Waals surface area (Å²) in [5.74, 6) is -1.39. The molecule has 21 heavy (non-hydrogen) atoms. The van der Waals surface area contributed by atoms with Crippen molar-refractivity contribution in [1.82, 2.24) is 9.62 Å². The molecule has 0 atom stereocenters. The fourth-order valence-electron chi connectivity index (χ4n) is 1.74. The molecule has 1 N–H and O–H groups in total. The van der Waals surface area contributed by atoms with Crippen LogP contribution in [-0.4, -0.2) is 38.8 Å². The van der Waals surface area contributed by atoms with E-state index >= 15 is 0 Å². The second kappa shape index (κ2) is 7.15. The second-order valence-electron chi connectivity index (χ2n) is 4.24. The third kappa shape index (κ3) is 3.77. The first-order valence-corrected chi connectivity index (χ1v) is 7.71. The molecule has 1 amide bonds. The van der Waals surface area contributed by atoms with E-state index in [4.69, 9.17) is 5.26 Å². The predicted molar refractivity (Wildman–Crippen MR) is 74.2 cm³/mol. The maximum Gasteiger partial charge on any atom is 0.244 e. The fourth-order valence-corrected chi connectivity index (χ4v) is 3.38. The highest BCUT2D eigenvalue weighted by Gasteiger charge is 2.29. The number of sulfonamides is 1. The van der Waals surface area contributed by atoms with Crippen molar-refractivity contribution in [2.75, 3.05) is 20.1 Å². The Morgan fingerprint density at radius 2 is 2.14 bits per heavy atom. The summed E-state index contributed by atoms with van der Waals surface area (Å²) in [4.78, 5) is 11.0. The average molecular weight is 313 g/mol. The number of amides is 1. The van der Waals surface area contributed by atoms with Gasteiger partial charge in [0.2, 0.25) is 15.9 Å². The number of hydrogen-bond acceptors (Lipinski definition) is 4. The molecular weight excluding hydrogens is 297 g/mol. The molecule has 6 nitrogen and oxygen atoms in total. The molecule has 8 heteroatoms. The highest BCUT2D eigenvalue weighted by atomic mass is 32.2. The lowest BCUT2D eigenvalue weighted by molar-refractivity contribution is -0.120. The molecule has 1 rings (SSSR count). The molecular formula is C13H16FN3O3S. The van der Waals surface area contributed by atoms with Crippen LogP contribution >= 0.6 is 0 Å². The van der Waals surface area contributed by atoms with E-state index in [2.05, 4.69) is 5.32 Å². The van der Waals surface area contributed by atoms with Crippen LogP contribution in [0.25, 0.3) is 0 Å². The number of nitrogens with one attached hydrogen (secondary N) is 1. The highest BCUT2D eigenvalue weighted by Crippen LogP contribution is 2.22. The zero-order valence-electron chi connectivity index (χ0n) is 11.8. The van der Waals surface area contributed by atoms with E-state index in [-0.39, 0.29) is 13.1 Å². The van der Waals surface area contributed by atoms with Crippen LogP contribution in [0.2, 0.25) is 0 Å². The van der Waals surface area contributed by atoms with Crippen LogP contribution in [0.15, 0.2) is 23.1 Å². The van der Waals surface area contributed by atoms with Gasteiger partial charge in [0.25, 0.3) is 0 Å². The van der Waals surface area contributed by atoms with Crippen LogP contribution in [0.1, 0.15) is 18.9 Å². The van der Waals surface area contributed by atoms with E-state index in [9.17, 15) is 17.6 Å². The molecule has 0 heterocycles. The molecule has 0 fully saturated rings. The van der Waals surface area contributed by atoms with E-state index in [1.165, 1.54) is 13.1 Å². The van der Waals surface area contributed by atoms with Crippen molar-refractivity contribution in [3.63, 3.8) is 0 Å². The molecule has 0 bridgehead atoms. The molecule has 0 aromatic heterocycles. The molecule has 1 aromatic rings.